The number of carbonyl (C=O) groups excluding carboxylic acids is 1. The summed E-state index contributed by atoms with van der Waals surface area (Å²) < 4.78 is 1.58. The lowest BCUT2D eigenvalue weighted by molar-refractivity contribution is -0.121. The van der Waals surface area contributed by atoms with Crippen LogP contribution >= 0.6 is 0 Å². The highest BCUT2D eigenvalue weighted by molar-refractivity contribution is 5.92. The topological polar surface area (TPSA) is 75.9 Å². The van der Waals surface area contributed by atoms with Gasteiger partial charge in [0, 0.05) is 12.5 Å². The molecule has 7 heteroatoms. The Morgan fingerprint density at radius 1 is 1.11 bits per heavy atom. The number of amides is 1. The molecular formula is C20H22N6O. The average Bonchev–Trinajstić information content (AvgIpc) is 3.25. The molecule has 0 radical (unpaired) electrons. The van der Waals surface area contributed by atoms with Crippen LogP contribution in [0, 0.1) is 5.92 Å². The van der Waals surface area contributed by atoms with Crippen LogP contribution in [0.4, 0.5) is 5.69 Å². The second-order valence-electron chi connectivity index (χ2n) is 6.77. The lowest BCUT2D eigenvalue weighted by atomic mass is 9.95. The molecule has 2 aromatic heterocycles. The lowest BCUT2D eigenvalue weighted by Crippen LogP contribution is -2.37. The molecule has 1 aromatic carbocycles. The van der Waals surface area contributed by atoms with Crippen LogP contribution in [0.3, 0.4) is 0 Å². The summed E-state index contributed by atoms with van der Waals surface area (Å²) in [5.74, 6) is 0.788. The van der Waals surface area contributed by atoms with E-state index in [1.54, 1.807) is 17.2 Å². The molecule has 27 heavy (non-hydrogen) atoms. The summed E-state index contributed by atoms with van der Waals surface area (Å²) in [6, 6.07) is 14.1. The SMILES string of the molecule is O=C(Nc1ccc(-n2cncn2)nc1)C1CCN(Cc2ccccc2)CC1. The molecule has 3 aromatic rings. The Morgan fingerprint density at radius 2 is 1.93 bits per heavy atom. The van der Waals surface area contributed by atoms with E-state index in [0.29, 0.717) is 11.5 Å². The van der Waals surface area contributed by atoms with Gasteiger partial charge in [-0.2, -0.15) is 5.10 Å². The number of nitrogens with zero attached hydrogens (tertiary/aromatic N) is 5. The van der Waals surface area contributed by atoms with Crippen molar-refractivity contribution in [3.8, 4) is 5.82 Å². The van der Waals surface area contributed by atoms with Gasteiger partial charge in [0.2, 0.25) is 5.91 Å². The van der Waals surface area contributed by atoms with E-state index in [4.69, 9.17) is 0 Å². The Labute approximate surface area is 158 Å². The first-order chi connectivity index (χ1) is 13.3. The number of hydrogen-bond acceptors (Lipinski definition) is 5. The molecule has 0 atom stereocenters. The number of rotatable bonds is 5. The zero-order valence-corrected chi connectivity index (χ0v) is 15.0. The summed E-state index contributed by atoms with van der Waals surface area (Å²) in [7, 11) is 0. The highest BCUT2D eigenvalue weighted by Crippen LogP contribution is 2.21. The molecule has 0 spiro atoms. The summed E-state index contributed by atoms with van der Waals surface area (Å²) in [4.78, 5) is 23.2. The van der Waals surface area contributed by atoms with Crippen molar-refractivity contribution in [2.75, 3.05) is 18.4 Å². The zero-order valence-electron chi connectivity index (χ0n) is 15.0. The second-order valence-corrected chi connectivity index (χ2v) is 6.77. The number of aromatic nitrogens is 4. The molecule has 1 N–H and O–H groups in total. The van der Waals surface area contributed by atoms with E-state index >= 15 is 0 Å². The van der Waals surface area contributed by atoms with Crippen LogP contribution in [-0.4, -0.2) is 43.6 Å². The van der Waals surface area contributed by atoms with Crippen LogP contribution in [-0.2, 0) is 11.3 Å². The molecule has 7 nitrogen and oxygen atoms in total. The van der Waals surface area contributed by atoms with Crippen LogP contribution in [0.15, 0.2) is 61.3 Å². The smallest absolute Gasteiger partial charge is 0.227 e. The number of piperidine rings is 1. The summed E-state index contributed by atoms with van der Waals surface area (Å²) in [5.41, 5.74) is 2.02. The number of pyridine rings is 1. The number of hydrogen-bond donors (Lipinski definition) is 1. The molecule has 3 heterocycles. The fourth-order valence-electron chi connectivity index (χ4n) is 3.36. The Morgan fingerprint density at radius 3 is 2.59 bits per heavy atom. The first-order valence-corrected chi connectivity index (χ1v) is 9.16. The maximum absolute atomic E-state index is 12.6. The van der Waals surface area contributed by atoms with Crippen molar-refractivity contribution in [2.45, 2.75) is 19.4 Å². The highest BCUT2D eigenvalue weighted by Gasteiger charge is 2.25. The molecule has 0 aliphatic carbocycles. The van der Waals surface area contributed by atoms with Gasteiger partial charge in [-0.15, -0.1) is 0 Å². The third-order valence-corrected chi connectivity index (χ3v) is 4.88. The molecular weight excluding hydrogens is 340 g/mol. The van der Waals surface area contributed by atoms with Crippen molar-refractivity contribution in [1.29, 1.82) is 0 Å². The fourth-order valence-corrected chi connectivity index (χ4v) is 3.36. The number of benzene rings is 1. The number of likely N-dealkylation sites (tertiary alicyclic amines) is 1. The third kappa shape index (κ3) is 4.38. The maximum Gasteiger partial charge on any atom is 0.227 e. The van der Waals surface area contributed by atoms with Crippen LogP contribution in [0.25, 0.3) is 5.82 Å². The van der Waals surface area contributed by atoms with Crippen molar-refractivity contribution in [2.24, 2.45) is 5.92 Å². The van der Waals surface area contributed by atoms with Gasteiger partial charge in [-0.05, 0) is 43.6 Å². The summed E-state index contributed by atoms with van der Waals surface area (Å²) >= 11 is 0. The molecule has 0 bridgehead atoms. The van der Waals surface area contributed by atoms with Crippen LogP contribution < -0.4 is 5.32 Å². The van der Waals surface area contributed by atoms with Gasteiger partial charge in [-0.3, -0.25) is 9.69 Å². The average molecular weight is 362 g/mol. The summed E-state index contributed by atoms with van der Waals surface area (Å²) in [6.45, 7) is 2.83. The largest absolute Gasteiger partial charge is 0.324 e. The van der Waals surface area contributed by atoms with E-state index in [-0.39, 0.29) is 11.8 Å². The van der Waals surface area contributed by atoms with E-state index in [0.717, 1.165) is 32.5 Å². The molecule has 0 unspecified atom stereocenters. The van der Waals surface area contributed by atoms with Crippen molar-refractivity contribution in [1.82, 2.24) is 24.6 Å². The highest BCUT2D eigenvalue weighted by atomic mass is 16.1. The van der Waals surface area contributed by atoms with E-state index in [2.05, 4.69) is 49.5 Å². The van der Waals surface area contributed by atoms with Gasteiger partial charge in [0.1, 0.15) is 12.7 Å². The first kappa shape index (κ1) is 17.4. The van der Waals surface area contributed by atoms with Gasteiger partial charge < -0.3 is 5.32 Å². The van der Waals surface area contributed by atoms with Gasteiger partial charge in [0.25, 0.3) is 0 Å². The molecule has 1 aliphatic heterocycles. The summed E-state index contributed by atoms with van der Waals surface area (Å²) in [6.07, 6.45) is 6.46. The normalized spacial score (nSPS) is 15.6. The maximum atomic E-state index is 12.6. The van der Waals surface area contributed by atoms with Gasteiger partial charge in [0.05, 0.1) is 11.9 Å². The van der Waals surface area contributed by atoms with E-state index < -0.39 is 0 Å². The van der Waals surface area contributed by atoms with E-state index in [1.807, 2.05) is 18.2 Å². The molecule has 138 valence electrons. The van der Waals surface area contributed by atoms with Gasteiger partial charge in [-0.1, -0.05) is 30.3 Å². The monoisotopic (exact) mass is 362 g/mol. The molecule has 4 rings (SSSR count). The molecule has 1 amide bonds. The number of anilines is 1. The number of nitrogens with one attached hydrogen (secondary N) is 1. The molecule has 1 fully saturated rings. The van der Waals surface area contributed by atoms with Crippen LogP contribution in [0.1, 0.15) is 18.4 Å². The Balaban J connectivity index is 1.28. The minimum atomic E-state index is 0.0482. The molecule has 1 aliphatic rings. The van der Waals surface area contributed by atoms with Crippen LogP contribution in [0.2, 0.25) is 0 Å². The van der Waals surface area contributed by atoms with E-state index in [9.17, 15) is 4.79 Å². The Hall–Kier alpha value is -3.06. The summed E-state index contributed by atoms with van der Waals surface area (Å²) in [5, 5.41) is 7.02. The predicted molar refractivity (Wildman–Crippen MR) is 102 cm³/mol. The standard InChI is InChI=1S/C20H22N6O/c27-20(24-18-6-7-19(22-12-18)26-15-21-14-23-26)17-8-10-25(11-9-17)13-16-4-2-1-3-5-16/h1-7,12,14-15,17H,8-11,13H2,(H,24,27). The minimum Gasteiger partial charge on any atom is -0.324 e. The van der Waals surface area contributed by atoms with Gasteiger partial charge >= 0.3 is 0 Å². The van der Waals surface area contributed by atoms with Crippen LogP contribution in [0.5, 0.6) is 0 Å². The quantitative estimate of drug-likeness (QED) is 0.755. The van der Waals surface area contributed by atoms with Crippen molar-refractivity contribution in [3.05, 3.63) is 66.9 Å². The lowest BCUT2D eigenvalue weighted by Gasteiger charge is -2.31. The predicted octanol–water partition coefficient (Wildman–Crippen LogP) is 2.51. The van der Waals surface area contributed by atoms with Crippen molar-refractivity contribution >= 4 is 11.6 Å². The Kier molecular flexibility index (Phi) is 5.20. The van der Waals surface area contributed by atoms with Crippen molar-refractivity contribution < 1.29 is 4.79 Å². The van der Waals surface area contributed by atoms with Gasteiger partial charge in [0.15, 0.2) is 5.82 Å². The third-order valence-electron chi connectivity index (χ3n) is 4.88. The molecule has 1 saturated heterocycles. The second kappa shape index (κ2) is 8.09. The molecule has 0 saturated carbocycles. The number of carbonyl (C=O) groups is 1. The first-order valence-electron chi connectivity index (χ1n) is 9.16. The minimum absolute atomic E-state index is 0.0482. The fraction of sp³-hybridized carbons (Fsp3) is 0.300. The Bertz CT molecular complexity index is 855. The zero-order chi connectivity index (χ0) is 18.5. The van der Waals surface area contributed by atoms with Gasteiger partial charge in [-0.25, -0.2) is 14.6 Å². The van der Waals surface area contributed by atoms with E-state index in [1.165, 1.54) is 11.9 Å². The van der Waals surface area contributed by atoms with Crippen molar-refractivity contribution in [3.63, 3.8) is 0 Å².